The van der Waals surface area contributed by atoms with Gasteiger partial charge in [-0.3, -0.25) is 4.79 Å². The minimum Gasteiger partial charge on any atom is -0.347 e. The maximum atomic E-state index is 13.0. The van der Waals surface area contributed by atoms with Crippen LogP contribution in [-0.4, -0.2) is 50.2 Å². The molecule has 2 aliphatic rings. The van der Waals surface area contributed by atoms with Crippen LogP contribution in [0.15, 0.2) is 29.2 Å². The molecule has 1 saturated heterocycles. The largest absolute Gasteiger partial charge is 0.347 e. The van der Waals surface area contributed by atoms with E-state index in [1.54, 1.807) is 26.2 Å². The Bertz CT molecular complexity index is 707. The second-order valence-corrected chi connectivity index (χ2v) is 9.30. The van der Waals surface area contributed by atoms with Crippen molar-refractivity contribution in [3.05, 3.63) is 29.8 Å². The molecule has 1 aliphatic carbocycles. The van der Waals surface area contributed by atoms with E-state index in [0.717, 1.165) is 6.42 Å². The van der Waals surface area contributed by atoms with Crippen LogP contribution in [0.1, 0.15) is 56.4 Å². The Balaban J connectivity index is 1.80. The SMILES string of the molecule is CN(C)C(=O)[C@H]1CCCN1S(=O)(=O)c1ccc(C2CCCCC2)cc1. The fourth-order valence-corrected chi connectivity index (χ4v) is 5.71. The number of benzene rings is 1. The molecule has 0 spiro atoms. The highest BCUT2D eigenvalue weighted by Gasteiger charge is 2.40. The molecule has 3 rings (SSSR count). The molecule has 0 radical (unpaired) electrons. The molecular weight excluding hydrogens is 336 g/mol. The lowest BCUT2D eigenvalue weighted by Gasteiger charge is -2.26. The van der Waals surface area contributed by atoms with Gasteiger partial charge in [-0.05, 0) is 49.3 Å². The number of carbonyl (C=O) groups is 1. The normalized spacial score (nSPS) is 22.9. The lowest BCUT2D eigenvalue weighted by Crippen LogP contribution is -2.45. The van der Waals surface area contributed by atoms with E-state index >= 15 is 0 Å². The molecular formula is C19H28N2O3S. The van der Waals surface area contributed by atoms with Crippen LogP contribution in [0.4, 0.5) is 0 Å². The van der Waals surface area contributed by atoms with Gasteiger partial charge in [-0.1, -0.05) is 31.4 Å². The summed E-state index contributed by atoms with van der Waals surface area (Å²) in [7, 11) is -0.286. The molecule has 0 aromatic heterocycles. The number of amides is 1. The molecule has 1 amide bonds. The van der Waals surface area contributed by atoms with Gasteiger partial charge in [-0.2, -0.15) is 4.31 Å². The van der Waals surface area contributed by atoms with Crippen LogP contribution in [0, 0.1) is 0 Å². The summed E-state index contributed by atoms with van der Waals surface area (Å²) in [5, 5.41) is 0. The molecule has 2 fully saturated rings. The van der Waals surface area contributed by atoms with Crippen molar-refractivity contribution < 1.29 is 13.2 Å². The maximum absolute atomic E-state index is 13.0. The summed E-state index contributed by atoms with van der Waals surface area (Å²) >= 11 is 0. The topological polar surface area (TPSA) is 57.7 Å². The van der Waals surface area contributed by atoms with E-state index in [9.17, 15) is 13.2 Å². The Morgan fingerprint density at radius 3 is 2.24 bits per heavy atom. The number of nitrogens with zero attached hydrogens (tertiary/aromatic N) is 2. The minimum atomic E-state index is -3.63. The van der Waals surface area contributed by atoms with Crippen molar-refractivity contribution in [2.75, 3.05) is 20.6 Å². The van der Waals surface area contributed by atoms with E-state index < -0.39 is 16.1 Å². The third-order valence-electron chi connectivity index (χ3n) is 5.49. The Kier molecular flexibility index (Phi) is 5.49. The first-order chi connectivity index (χ1) is 11.9. The van der Waals surface area contributed by atoms with Crippen LogP contribution < -0.4 is 0 Å². The van der Waals surface area contributed by atoms with Gasteiger partial charge in [0.2, 0.25) is 15.9 Å². The van der Waals surface area contributed by atoms with Crippen molar-refractivity contribution in [3.8, 4) is 0 Å². The van der Waals surface area contributed by atoms with Crippen molar-refractivity contribution >= 4 is 15.9 Å². The summed E-state index contributed by atoms with van der Waals surface area (Å²) in [6.07, 6.45) is 7.52. The summed E-state index contributed by atoms with van der Waals surface area (Å²) in [6, 6.07) is 6.78. The molecule has 0 unspecified atom stereocenters. The van der Waals surface area contributed by atoms with Gasteiger partial charge in [-0.25, -0.2) is 8.42 Å². The summed E-state index contributed by atoms with van der Waals surface area (Å²) in [6.45, 7) is 0.414. The highest BCUT2D eigenvalue weighted by Crippen LogP contribution is 2.34. The van der Waals surface area contributed by atoms with Gasteiger partial charge in [0, 0.05) is 20.6 Å². The first kappa shape index (κ1) is 18.4. The predicted octanol–water partition coefficient (Wildman–Crippen LogP) is 2.98. The van der Waals surface area contributed by atoms with Crippen LogP contribution >= 0.6 is 0 Å². The van der Waals surface area contributed by atoms with Gasteiger partial charge in [0.15, 0.2) is 0 Å². The molecule has 0 N–H and O–H groups in total. The summed E-state index contributed by atoms with van der Waals surface area (Å²) in [4.78, 5) is 14.1. The molecule has 1 saturated carbocycles. The van der Waals surface area contributed by atoms with E-state index in [0.29, 0.717) is 23.8 Å². The second-order valence-electron chi connectivity index (χ2n) is 7.41. The molecule has 1 heterocycles. The Morgan fingerprint density at radius 2 is 1.64 bits per heavy atom. The van der Waals surface area contributed by atoms with Crippen molar-refractivity contribution in [2.45, 2.75) is 61.8 Å². The number of carbonyl (C=O) groups excluding carboxylic acids is 1. The molecule has 6 heteroatoms. The van der Waals surface area contributed by atoms with Gasteiger partial charge in [0.25, 0.3) is 0 Å². The summed E-state index contributed by atoms with van der Waals surface area (Å²) < 4.78 is 27.4. The maximum Gasteiger partial charge on any atom is 0.243 e. The van der Waals surface area contributed by atoms with Crippen LogP contribution in [0.2, 0.25) is 0 Å². The van der Waals surface area contributed by atoms with Crippen molar-refractivity contribution in [1.82, 2.24) is 9.21 Å². The van der Waals surface area contributed by atoms with Crippen molar-refractivity contribution in [3.63, 3.8) is 0 Å². The van der Waals surface area contributed by atoms with Crippen LogP contribution in [-0.2, 0) is 14.8 Å². The van der Waals surface area contributed by atoms with Gasteiger partial charge in [0.05, 0.1) is 4.90 Å². The molecule has 5 nitrogen and oxygen atoms in total. The highest BCUT2D eigenvalue weighted by molar-refractivity contribution is 7.89. The quantitative estimate of drug-likeness (QED) is 0.825. The van der Waals surface area contributed by atoms with Crippen molar-refractivity contribution in [1.29, 1.82) is 0 Å². The number of rotatable bonds is 4. The highest BCUT2D eigenvalue weighted by atomic mass is 32.2. The Hall–Kier alpha value is -1.40. The molecule has 0 bridgehead atoms. The third-order valence-corrected chi connectivity index (χ3v) is 7.42. The van der Waals surface area contributed by atoms with Crippen LogP contribution in [0.3, 0.4) is 0 Å². The zero-order valence-electron chi connectivity index (χ0n) is 15.1. The molecule has 25 heavy (non-hydrogen) atoms. The standard InChI is InChI=1S/C19H28N2O3S/c1-20(2)19(22)18-9-6-14-21(18)25(23,24)17-12-10-16(11-13-17)15-7-4-3-5-8-15/h10-13,15,18H,3-9,14H2,1-2H3/t18-/m1/s1. The zero-order chi connectivity index (χ0) is 18.0. The first-order valence-corrected chi connectivity index (χ1v) is 10.7. The molecule has 1 aliphatic heterocycles. The fraction of sp³-hybridized carbons (Fsp3) is 0.632. The summed E-state index contributed by atoms with van der Waals surface area (Å²) in [5.74, 6) is 0.417. The number of hydrogen-bond acceptors (Lipinski definition) is 3. The second kappa shape index (κ2) is 7.46. The molecule has 1 atom stereocenters. The Labute approximate surface area is 151 Å². The number of sulfonamides is 1. The van der Waals surface area contributed by atoms with E-state index in [-0.39, 0.29) is 5.91 Å². The van der Waals surface area contributed by atoms with Crippen LogP contribution in [0.5, 0.6) is 0 Å². The van der Waals surface area contributed by atoms with E-state index in [1.165, 1.54) is 46.9 Å². The molecule has 138 valence electrons. The average Bonchev–Trinajstić information content (AvgIpc) is 3.12. The molecule has 1 aromatic rings. The third kappa shape index (κ3) is 3.75. The lowest BCUT2D eigenvalue weighted by atomic mass is 9.84. The number of likely N-dealkylation sites (N-methyl/N-ethyl adjacent to an activating group) is 1. The predicted molar refractivity (Wildman–Crippen MR) is 97.9 cm³/mol. The molecule has 1 aromatic carbocycles. The van der Waals surface area contributed by atoms with Gasteiger partial charge in [0.1, 0.15) is 6.04 Å². The summed E-state index contributed by atoms with van der Waals surface area (Å²) in [5.41, 5.74) is 1.24. The lowest BCUT2D eigenvalue weighted by molar-refractivity contribution is -0.132. The van der Waals surface area contributed by atoms with Crippen molar-refractivity contribution in [2.24, 2.45) is 0 Å². The first-order valence-electron chi connectivity index (χ1n) is 9.24. The van der Waals surface area contributed by atoms with Gasteiger partial charge < -0.3 is 4.90 Å². The average molecular weight is 365 g/mol. The zero-order valence-corrected chi connectivity index (χ0v) is 16.0. The van der Waals surface area contributed by atoms with E-state index in [2.05, 4.69) is 0 Å². The number of hydrogen-bond donors (Lipinski definition) is 0. The van der Waals surface area contributed by atoms with Gasteiger partial charge in [-0.15, -0.1) is 0 Å². The monoisotopic (exact) mass is 364 g/mol. The van der Waals surface area contributed by atoms with E-state index in [4.69, 9.17) is 0 Å². The van der Waals surface area contributed by atoms with E-state index in [1.807, 2.05) is 12.1 Å². The fourth-order valence-electron chi connectivity index (χ4n) is 4.06. The van der Waals surface area contributed by atoms with Crippen LogP contribution in [0.25, 0.3) is 0 Å². The minimum absolute atomic E-state index is 0.139. The Morgan fingerprint density at radius 1 is 1.00 bits per heavy atom. The van der Waals surface area contributed by atoms with Gasteiger partial charge >= 0.3 is 0 Å². The smallest absolute Gasteiger partial charge is 0.243 e.